The summed E-state index contributed by atoms with van der Waals surface area (Å²) in [4.78, 5) is 33.5. The van der Waals surface area contributed by atoms with E-state index in [0.717, 1.165) is 22.5 Å². The second-order valence-corrected chi connectivity index (χ2v) is 14.2. The number of pyridine rings is 1. The minimum atomic E-state index is -1.24. The molecule has 5 atom stereocenters. The van der Waals surface area contributed by atoms with Crippen molar-refractivity contribution in [1.82, 2.24) is 15.6 Å². The van der Waals surface area contributed by atoms with E-state index < -0.39 is 53.6 Å². The van der Waals surface area contributed by atoms with Crippen molar-refractivity contribution in [2.45, 2.75) is 69.9 Å². The number of halogens is 1. The number of benzene rings is 3. The summed E-state index contributed by atoms with van der Waals surface area (Å²) in [5.41, 5.74) is 2.85. The van der Waals surface area contributed by atoms with Crippen LogP contribution in [-0.2, 0) is 22.4 Å². The number of hydrogen-bond acceptors (Lipinski definition) is 8. The maximum atomic E-state index is 14.9. The number of alkyl carbamates (subject to hydrolysis) is 1. The number of carbonyl (C=O) groups is 2. The molecule has 5 rings (SSSR count). The van der Waals surface area contributed by atoms with Gasteiger partial charge in [-0.2, -0.15) is 0 Å². The highest BCUT2D eigenvalue weighted by atomic mass is 19.1. The zero-order valence-corrected chi connectivity index (χ0v) is 29.7. The summed E-state index contributed by atoms with van der Waals surface area (Å²) < 4.78 is 26.1. The number of aromatic nitrogens is 1. The lowest BCUT2D eigenvalue weighted by molar-refractivity contribution is -0.128. The number of fused-ring (bicyclic) bond motifs is 1. The number of nitrogens with one attached hydrogen (secondary N) is 2. The van der Waals surface area contributed by atoms with E-state index in [4.69, 9.17) is 9.47 Å². The van der Waals surface area contributed by atoms with Gasteiger partial charge in [0.2, 0.25) is 5.91 Å². The molecule has 0 unspecified atom stereocenters. The minimum absolute atomic E-state index is 0.0128. The fourth-order valence-electron chi connectivity index (χ4n) is 6.11. The van der Waals surface area contributed by atoms with Gasteiger partial charge in [0.05, 0.1) is 18.2 Å². The average Bonchev–Trinajstić information content (AvgIpc) is 3.09. The molecule has 2 heterocycles. The average molecular weight is 699 g/mol. The highest BCUT2D eigenvalue weighted by Gasteiger charge is 2.35. The first-order valence-corrected chi connectivity index (χ1v) is 17.1. The molecule has 0 spiro atoms. The Morgan fingerprint density at radius 3 is 2.33 bits per heavy atom. The predicted molar refractivity (Wildman–Crippen MR) is 194 cm³/mol. The maximum Gasteiger partial charge on any atom is 0.407 e. The second kappa shape index (κ2) is 16.3. The molecule has 270 valence electrons. The van der Waals surface area contributed by atoms with Gasteiger partial charge in [0.25, 0.3) is 0 Å². The lowest BCUT2D eigenvalue weighted by atomic mass is 9.87. The topological polar surface area (TPSA) is 133 Å². The van der Waals surface area contributed by atoms with E-state index in [1.54, 1.807) is 69.4 Å². The standard InChI is InChI=1S/C40H47FN4O6/c1-40(2,3)51-39(49)43-32(20-25-14-16-26(17-15-25)28-18-19-36(42-23-28)45(4)5)33(46)22-29(21-27-10-6-8-12-31(27)41)38(48)44-37-30-11-7-9-13-35(30)50-24-34(37)47/h6-19,23,29,32-34,37,46-47H,20-22,24H2,1-5H3,(H,43,49)(H,44,48)/t29-,32+,33+,34-,37+/m1/s1. The van der Waals surface area contributed by atoms with Crippen molar-refractivity contribution in [3.63, 3.8) is 0 Å². The van der Waals surface area contributed by atoms with Crippen LogP contribution >= 0.6 is 0 Å². The third kappa shape index (κ3) is 10.0. The van der Waals surface area contributed by atoms with Gasteiger partial charge >= 0.3 is 6.09 Å². The Balaban J connectivity index is 1.39. The zero-order valence-electron chi connectivity index (χ0n) is 29.7. The molecule has 4 aromatic rings. The monoisotopic (exact) mass is 698 g/mol. The highest BCUT2D eigenvalue weighted by Crippen LogP contribution is 2.33. The number of aliphatic hydroxyl groups excluding tert-OH is 2. The van der Waals surface area contributed by atoms with Gasteiger partial charge < -0.3 is 35.2 Å². The molecule has 0 bridgehead atoms. The summed E-state index contributed by atoms with van der Waals surface area (Å²) >= 11 is 0. The van der Waals surface area contributed by atoms with Gasteiger partial charge in [0.1, 0.15) is 35.7 Å². The Morgan fingerprint density at radius 2 is 1.67 bits per heavy atom. The van der Waals surface area contributed by atoms with Crippen molar-refractivity contribution in [3.05, 3.63) is 114 Å². The molecule has 4 N–H and O–H groups in total. The highest BCUT2D eigenvalue weighted by molar-refractivity contribution is 5.80. The van der Waals surface area contributed by atoms with Gasteiger partial charge in [-0.1, -0.05) is 60.7 Å². The van der Waals surface area contributed by atoms with Crippen LogP contribution in [0.2, 0.25) is 0 Å². The first-order valence-electron chi connectivity index (χ1n) is 17.1. The summed E-state index contributed by atoms with van der Waals surface area (Å²) in [6.07, 6.45) is -1.09. The maximum absolute atomic E-state index is 14.9. The number of rotatable bonds is 12. The van der Waals surface area contributed by atoms with Crippen molar-refractivity contribution < 1.29 is 33.7 Å². The Bertz CT molecular complexity index is 1780. The van der Waals surface area contributed by atoms with E-state index in [-0.39, 0.29) is 25.9 Å². The van der Waals surface area contributed by atoms with Crippen LogP contribution in [0.3, 0.4) is 0 Å². The van der Waals surface area contributed by atoms with E-state index in [1.165, 1.54) is 6.07 Å². The molecule has 0 aliphatic carbocycles. The van der Waals surface area contributed by atoms with Gasteiger partial charge in [-0.05, 0) is 81.0 Å². The molecule has 0 fully saturated rings. The molecule has 0 radical (unpaired) electrons. The van der Waals surface area contributed by atoms with Gasteiger partial charge in [-0.15, -0.1) is 0 Å². The first kappa shape index (κ1) is 37.3. The summed E-state index contributed by atoms with van der Waals surface area (Å²) in [6, 6.07) is 23.3. The third-order valence-corrected chi connectivity index (χ3v) is 8.78. The Labute approximate surface area is 298 Å². The molecule has 1 aromatic heterocycles. The molecule has 10 nitrogen and oxygen atoms in total. The predicted octanol–water partition coefficient (Wildman–Crippen LogP) is 5.61. The van der Waals surface area contributed by atoms with E-state index >= 15 is 0 Å². The Hall–Kier alpha value is -5.00. The van der Waals surface area contributed by atoms with Gasteiger partial charge in [0, 0.05) is 37.3 Å². The first-order chi connectivity index (χ1) is 24.3. The summed E-state index contributed by atoms with van der Waals surface area (Å²) in [6.45, 7) is 5.22. The number of para-hydroxylation sites is 1. The smallest absolute Gasteiger partial charge is 0.407 e. The molecule has 51 heavy (non-hydrogen) atoms. The molecule has 11 heteroatoms. The SMILES string of the molecule is CN(C)c1ccc(-c2ccc(C[C@H](NC(=O)OC(C)(C)C)[C@@H](O)C[C@@H](Cc3ccccc3F)C(=O)N[C@H]3c4ccccc4OC[C@H]3O)cc2)cn1. The summed E-state index contributed by atoms with van der Waals surface area (Å²) in [5, 5.41) is 28.4. The van der Waals surface area contributed by atoms with E-state index in [0.29, 0.717) is 16.9 Å². The molecule has 0 saturated heterocycles. The summed E-state index contributed by atoms with van der Waals surface area (Å²) in [5.74, 6) is -0.491. The van der Waals surface area contributed by atoms with Gasteiger partial charge in [-0.3, -0.25) is 4.79 Å². The van der Waals surface area contributed by atoms with E-state index in [2.05, 4.69) is 15.6 Å². The normalized spacial score (nSPS) is 17.3. The molecular formula is C40H47FN4O6. The van der Waals surface area contributed by atoms with Crippen molar-refractivity contribution in [3.8, 4) is 16.9 Å². The van der Waals surface area contributed by atoms with Crippen LogP contribution in [0, 0.1) is 11.7 Å². The van der Waals surface area contributed by atoms with E-state index in [1.807, 2.05) is 55.4 Å². The summed E-state index contributed by atoms with van der Waals surface area (Å²) in [7, 11) is 3.86. The Morgan fingerprint density at radius 1 is 0.980 bits per heavy atom. The van der Waals surface area contributed by atoms with Crippen LogP contribution in [0.25, 0.3) is 11.1 Å². The van der Waals surface area contributed by atoms with Crippen molar-refractivity contribution in [2.24, 2.45) is 5.92 Å². The number of carbonyl (C=O) groups excluding carboxylic acids is 2. The lowest BCUT2D eigenvalue weighted by Gasteiger charge is -2.33. The van der Waals surface area contributed by atoms with Crippen molar-refractivity contribution >= 4 is 17.8 Å². The van der Waals surface area contributed by atoms with Crippen LogP contribution in [0.4, 0.5) is 15.0 Å². The molecule has 1 aliphatic heterocycles. The largest absolute Gasteiger partial charge is 0.490 e. The zero-order chi connectivity index (χ0) is 36.7. The second-order valence-electron chi connectivity index (χ2n) is 14.2. The fourth-order valence-corrected chi connectivity index (χ4v) is 6.11. The van der Waals surface area contributed by atoms with Crippen LogP contribution in [0.15, 0.2) is 91.1 Å². The fraction of sp³-hybridized carbons (Fsp3) is 0.375. The molecule has 2 amide bonds. The van der Waals surface area contributed by atoms with Gasteiger partial charge in [0.15, 0.2) is 0 Å². The van der Waals surface area contributed by atoms with Crippen LogP contribution in [0.1, 0.15) is 49.9 Å². The number of amides is 2. The number of hydrogen-bond donors (Lipinski definition) is 4. The molecule has 3 aromatic carbocycles. The molecule has 1 aliphatic rings. The van der Waals surface area contributed by atoms with Crippen LogP contribution in [-0.4, -0.2) is 71.8 Å². The number of ether oxygens (including phenoxy) is 2. The third-order valence-electron chi connectivity index (χ3n) is 8.78. The number of aliphatic hydroxyl groups is 2. The number of anilines is 1. The lowest BCUT2D eigenvalue weighted by Crippen LogP contribution is -2.49. The van der Waals surface area contributed by atoms with Crippen LogP contribution in [0.5, 0.6) is 5.75 Å². The molecular weight excluding hydrogens is 651 g/mol. The number of nitrogens with zero attached hydrogens (tertiary/aromatic N) is 2. The van der Waals surface area contributed by atoms with Crippen molar-refractivity contribution in [2.75, 3.05) is 25.6 Å². The molecule has 0 saturated carbocycles. The van der Waals surface area contributed by atoms with Crippen molar-refractivity contribution in [1.29, 1.82) is 0 Å². The van der Waals surface area contributed by atoms with Crippen LogP contribution < -0.4 is 20.3 Å². The minimum Gasteiger partial charge on any atom is -0.490 e. The van der Waals surface area contributed by atoms with Gasteiger partial charge in [-0.25, -0.2) is 14.2 Å². The quantitative estimate of drug-likeness (QED) is 0.150. The Kier molecular flexibility index (Phi) is 11.9. The van der Waals surface area contributed by atoms with E-state index in [9.17, 15) is 24.2 Å².